The average molecular weight is 487 g/mol. The maximum absolute atomic E-state index is 10.0. The van der Waals surface area contributed by atoms with Crippen LogP contribution in [0.15, 0.2) is 72.8 Å². The van der Waals surface area contributed by atoms with Crippen molar-refractivity contribution in [1.82, 2.24) is 0 Å². The van der Waals surface area contributed by atoms with Crippen LogP contribution >= 0.6 is 0 Å². The first-order valence-electron chi connectivity index (χ1n) is 13.3. The SMILES string of the molecule is COC(OC)C1CCC(CCc2ccc(C3c4ccc(O)cc4OCC3c3ccccc3)cc2)CC1. The largest absolute Gasteiger partial charge is 0.508 e. The Kier molecular flexibility index (Phi) is 7.93. The van der Waals surface area contributed by atoms with Crippen molar-refractivity contribution in [3.05, 3.63) is 95.1 Å². The van der Waals surface area contributed by atoms with Crippen molar-refractivity contribution in [2.45, 2.75) is 56.7 Å². The van der Waals surface area contributed by atoms with Crippen LogP contribution in [0.1, 0.15) is 66.2 Å². The second-order valence-corrected chi connectivity index (χ2v) is 10.4. The lowest BCUT2D eigenvalue weighted by Crippen LogP contribution is -2.29. The van der Waals surface area contributed by atoms with Crippen LogP contribution in [-0.4, -0.2) is 32.2 Å². The van der Waals surface area contributed by atoms with E-state index in [1.54, 1.807) is 26.4 Å². The zero-order chi connectivity index (χ0) is 24.9. The van der Waals surface area contributed by atoms with Crippen LogP contribution in [-0.2, 0) is 15.9 Å². The number of rotatable bonds is 8. The number of phenols is 1. The second kappa shape index (κ2) is 11.5. The van der Waals surface area contributed by atoms with E-state index in [1.807, 2.05) is 6.07 Å². The van der Waals surface area contributed by atoms with E-state index in [9.17, 15) is 5.11 Å². The highest BCUT2D eigenvalue weighted by molar-refractivity contribution is 5.50. The van der Waals surface area contributed by atoms with Gasteiger partial charge in [-0.1, -0.05) is 60.7 Å². The third-order valence-electron chi connectivity index (χ3n) is 8.30. The maximum atomic E-state index is 10.0. The Balaban J connectivity index is 1.28. The molecule has 4 nitrogen and oxygen atoms in total. The van der Waals surface area contributed by atoms with Crippen molar-refractivity contribution in [2.75, 3.05) is 20.8 Å². The van der Waals surface area contributed by atoms with E-state index in [0.717, 1.165) is 23.7 Å². The third-order valence-corrected chi connectivity index (χ3v) is 8.30. The lowest BCUT2D eigenvalue weighted by molar-refractivity contribution is -0.145. The summed E-state index contributed by atoms with van der Waals surface area (Å²) in [6.45, 7) is 0.600. The molecule has 1 fully saturated rings. The number of benzene rings is 3. The van der Waals surface area contributed by atoms with Crippen molar-refractivity contribution < 1.29 is 19.3 Å². The van der Waals surface area contributed by atoms with E-state index in [-0.39, 0.29) is 23.9 Å². The third kappa shape index (κ3) is 5.45. The molecule has 3 aromatic rings. The summed E-state index contributed by atoms with van der Waals surface area (Å²) in [7, 11) is 3.49. The van der Waals surface area contributed by atoms with Gasteiger partial charge in [0.25, 0.3) is 0 Å². The lowest BCUT2D eigenvalue weighted by atomic mass is 9.75. The Bertz CT molecular complexity index is 1100. The first-order valence-corrected chi connectivity index (χ1v) is 13.3. The van der Waals surface area contributed by atoms with Crippen molar-refractivity contribution in [1.29, 1.82) is 0 Å². The quantitative estimate of drug-likeness (QED) is 0.346. The van der Waals surface area contributed by atoms with Crippen LogP contribution in [0.5, 0.6) is 11.5 Å². The molecule has 190 valence electrons. The lowest BCUT2D eigenvalue weighted by Gasteiger charge is -2.34. The monoisotopic (exact) mass is 486 g/mol. The highest BCUT2D eigenvalue weighted by Gasteiger charge is 2.33. The molecule has 0 saturated heterocycles. The van der Waals surface area contributed by atoms with Gasteiger partial charge in [0.05, 0.1) is 6.61 Å². The van der Waals surface area contributed by atoms with Crippen LogP contribution < -0.4 is 4.74 Å². The molecule has 1 heterocycles. The summed E-state index contributed by atoms with van der Waals surface area (Å²) in [5.41, 5.74) is 5.13. The summed E-state index contributed by atoms with van der Waals surface area (Å²) >= 11 is 0. The first kappa shape index (κ1) is 24.9. The fraction of sp³-hybridized carbons (Fsp3) is 0.438. The van der Waals surface area contributed by atoms with Crippen LogP contribution in [0.25, 0.3) is 0 Å². The van der Waals surface area contributed by atoms with Gasteiger partial charge in [0.2, 0.25) is 0 Å². The van der Waals surface area contributed by atoms with Gasteiger partial charge in [-0.3, -0.25) is 0 Å². The van der Waals surface area contributed by atoms with Gasteiger partial charge < -0.3 is 19.3 Å². The van der Waals surface area contributed by atoms with E-state index in [2.05, 4.69) is 54.6 Å². The van der Waals surface area contributed by atoms with Crippen LogP contribution in [0.4, 0.5) is 0 Å². The minimum Gasteiger partial charge on any atom is -0.508 e. The molecule has 36 heavy (non-hydrogen) atoms. The molecule has 5 rings (SSSR count). The zero-order valence-electron chi connectivity index (χ0n) is 21.4. The van der Waals surface area contributed by atoms with Gasteiger partial charge >= 0.3 is 0 Å². The summed E-state index contributed by atoms with van der Waals surface area (Å²) in [5, 5.41) is 10.0. The summed E-state index contributed by atoms with van der Waals surface area (Å²) < 4.78 is 17.1. The minimum absolute atomic E-state index is 0.0579. The van der Waals surface area contributed by atoms with Gasteiger partial charge in [0, 0.05) is 43.6 Å². The molecular weight excluding hydrogens is 448 g/mol. The molecule has 3 aromatic carbocycles. The predicted molar refractivity (Wildman–Crippen MR) is 143 cm³/mol. The zero-order valence-corrected chi connectivity index (χ0v) is 21.4. The Morgan fingerprint density at radius 1 is 0.861 bits per heavy atom. The molecule has 0 aromatic heterocycles. The van der Waals surface area contributed by atoms with Gasteiger partial charge in [-0.05, 0) is 67.2 Å². The summed E-state index contributed by atoms with van der Waals surface area (Å²) in [6.07, 6.45) is 7.20. The highest BCUT2D eigenvalue weighted by Crippen LogP contribution is 2.47. The standard InChI is InChI=1S/C32H38O4/c1-34-32(35-2)26-16-12-23(13-17-26)9-8-22-10-14-25(15-11-22)31-28-19-18-27(33)20-30(28)36-21-29(31)24-6-4-3-5-7-24/h3-7,10-11,14-15,18-20,23,26,29,31-33H,8-9,12-13,16-17,21H2,1-2H3. The molecule has 0 spiro atoms. The topological polar surface area (TPSA) is 47.9 Å². The molecule has 2 aliphatic rings. The number of aromatic hydroxyl groups is 1. The number of methoxy groups -OCH3 is 2. The fourth-order valence-corrected chi connectivity index (χ4v) is 6.29. The van der Waals surface area contributed by atoms with Gasteiger partial charge in [0.15, 0.2) is 6.29 Å². The number of hydrogen-bond donors (Lipinski definition) is 1. The maximum Gasteiger partial charge on any atom is 0.159 e. The highest BCUT2D eigenvalue weighted by atomic mass is 16.7. The summed E-state index contributed by atoms with van der Waals surface area (Å²) in [4.78, 5) is 0. The van der Waals surface area contributed by atoms with E-state index >= 15 is 0 Å². The smallest absolute Gasteiger partial charge is 0.159 e. The number of hydrogen-bond acceptors (Lipinski definition) is 4. The Morgan fingerprint density at radius 2 is 1.58 bits per heavy atom. The molecular formula is C32H38O4. The minimum atomic E-state index is -0.0579. The number of aryl methyl sites for hydroxylation is 1. The normalized spacial score (nSPS) is 23.8. The van der Waals surface area contributed by atoms with Crippen molar-refractivity contribution in [2.24, 2.45) is 11.8 Å². The summed E-state index contributed by atoms with van der Waals surface area (Å²) in [5.74, 6) is 2.76. The molecule has 2 atom stereocenters. The fourth-order valence-electron chi connectivity index (χ4n) is 6.29. The Hall–Kier alpha value is -2.82. The molecule has 4 heteroatoms. The van der Waals surface area contributed by atoms with Crippen LogP contribution in [0.3, 0.4) is 0 Å². The van der Waals surface area contributed by atoms with Crippen molar-refractivity contribution in [3.8, 4) is 11.5 Å². The second-order valence-electron chi connectivity index (χ2n) is 10.4. The van der Waals surface area contributed by atoms with Gasteiger partial charge in [-0.15, -0.1) is 0 Å². The molecule has 2 unspecified atom stereocenters. The van der Waals surface area contributed by atoms with E-state index in [1.165, 1.54) is 48.8 Å². The molecule has 1 aliphatic heterocycles. The first-order chi connectivity index (χ1) is 17.7. The molecule has 0 amide bonds. The predicted octanol–water partition coefficient (Wildman–Crippen LogP) is 7.06. The molecule has 1 N–H and O–H groups in total. The van der Waals surface area contributed by atoms with Gasteiger partial charge in [-0.25, -0.2) is 0 Å². The molecule has 1 saturated carbocycles. The van der Waals surface area contributed by atoms with Crippen molar-refractivity contribution in [3.63, 3.8) is 0 Å². The van der Waals surface area contributed by atoms with Crippen LogP contribution in [0.2, 0.25) is 0 Å². The van der Waals surface area contributed by atoms with Crippen LogP contribution in [0, 0.1) is 11.8 Å². The van der Waals surface area contributed by atoms with Gasteiger partial charge in [0.1, 0.15) is 11.5 Å². The Morgan fingerprint density at radius 3 is 2.28 bits per heavy atom. The van der Waals surface area contributed by atoms with Crippen molar-refractivity contribution >= 4 is 0 Å². The number of ether oxygens (including phenoxy) is 3. The molecule has 0 radical (unpaired) electrons. The Labute approximate surface area is 215 Å². The van der Waals surface area contributed by atoms with Gasteiger partial charge in [-0.2, -0.15) is 0 Å². The molecule has 0 bridgehead atoms. The average Bonchev–Trinajstić information content (AvgIpc) is 2.93. The number of phenolic OH excluding ortho intramolecular Hbond substituents is 1. The van der Waals surface area contributed by atoms with E-state index in [0.29, 0.717) is 12.5 Å². The van der Waals surface area contributed by atoms with E-state index in [4.69, 9.17) is 14.2 Å². The molecule has 1 aliphatic carbocycles. The van der Waals surface area contributed by atoms with E-state index < -0.39 is 0 Å². The number of fused-ring (bicyclic) bond motifs is 1. The summed E-state index contributed by atoms with van der Waals surface area (Å²) in [6, 6.07) is 25.4.